The minimum absolute atomic E-state index is 0.224. The number of nitrogens with zero attached hydrogens (tertiary/aromatic N) is 3. The maximum atomic E-state index is 13.9. The number of hydrogen-bond donors (Lipinski definition) is 1. The summed E-state index contributed by atoms with van der Waals surface area (Å²) in [5.74, 6) is 0.359. The average molecular weight is 457 g/mol. The smallest absolute Gasteiger partial charge is 0.212 e. The van der Waals surface area contributed by atoms with E-state index in [-0.39, 0.29) is 5.82 Å². The number of hydrogen-bond acceptors (Lipinski definition) is 6. The third kappa shape index (κ3) is 4.40. The van der Waals surface area contributed by atoms with Crippen LogP contribution in [0.15, 0.2) is 72.5 Å². The van der Waals surface area contributed by atoms with Crippen molar-refractivity contribution >= 4 is 27.2 Å². The van der Waals surface area contributed by atoms with Gasteiger partial charge in [0.2, 0.25) is 5.88 Å². The molecule has 0 bridgehead atoms. The van der Waals surface area contributed by atoms with Crippen LogP contribution in [-0.2, 0) is 6.54 Å². The summed E-state index contributed by atoms with van der Waals surface area (Å²) < 4.78 is 20.1. The first-order valence-electron chi connectivity index (χ1n) is 10.4. The fourth-order valence-electron chi connectivity index (χ4n) is 3.67. The van der Waals surface area contributed by atoms with E-state index in [1.165, 1.54) is 6.07 Å². The number of methoxy groups -OCH3 is 1. The second kappa shape index (κ2) is 8.96. The van der Waals surface area contributed by atoms with Crippen molar-refractivity contribution in [1.82, 2.24) is 15.0 Å². The molecule has 0 unspecified atom stereocenters. The van der Waals surface area contributed by atoms with Crippen LogP contribution in [0, 0.1) is 12.7 Å². The minimum Gasteiger partial charge on any atom is -0.481 e. The van der Waals surface area contributed by atoms with E-state index in [1.54, 1.807) is 43.8 Å². The highest BCUT2D eigenvalue weighted by molar-refractivity contribution is 7.16. The fourth-order valence-corrected chi connectivity index (χ4v) is 4.38. The topological polar surface area (TPSA) is 59.9 Å². The number of rotatable bonds is 6. The number of benzene rings is 2. The number of aryl methyl sites for hydroxylation is 1. The highest BCUT2D eigenvalue weighted by Gasteiger charge is 2.13. The van der Waals surface area contributed by atoms with Gasteiger partial charge in [0.05, 0.1) is 40.4 Å². The Kier molecular flexibility index (Phi) is 5.71. The first kappa shape index (κ1) is 21.0. The molecule has 0 amide bonds. The number of thiazole rings is 1. The van der Waals surface area contributed by atoms with Crippen molar-refractivity contribution in [2.75, 3.05) is 12.4 Å². The number of pyridine rings is 2. The Morgan fingerprint density at radius 3 is 2.61 bits per heavy atom. The molecule has 0 saturated heterocycles. The van der Waals surface area contributed by atoms with Gasteiger partial charge in [-0.3, -0.25) is 4.98 Å². The van der Waals surface area contributed by atoms with Gasteiger partial charge in [0.15, 0.2) is 0 Å². The first-order chi connectivity index (χ1) is 16.1. The zero-order chi connectivity index (χ0) is 22.8. The molecule has 0 atom stereocenters. The third-order valence-electron chi connectivity index (χ3n) is 5.46. The molecule has 3 heterocycles. The van der Waals surface area contributed by atoms with Crippen LogP contribution in [0.25, 0.3) is 32.6 Å². The molecule has 0 fully saturated rings. The van der Waals surface area contributed by atoms with Crippen molar-refractivity contribution < 1.29 is 9.13 Å². The van der Waals surface area contributed by atoms with Crippen molar-refractivity contribution in [1.29, 1.82) is 0 Å². The Labute approximate surface area is 195 Å². The lowest BCUT2D eigenvalue weighted by Crippen LogP contribution is -2.02. The first-order valence-corrected chi connectivity index (χ1v) is 11.3. The molecule has 2 aromatic carbocycles. The maximum Gasteiger partial charge on any atom is 0.212 e. The lowest BCUT2D eigenvalue weighted by Gasteiger charge is -2.14. The summed E-state index contributed by atoms with van der Waals surface area (Å²) >= 11 is 1.60. The molecule has 3 aromatic heterocycles. The molecule has 0 radical (unpaired) electrons. The van der Waals surface area contributed by atoms with Crippen molar-refractivity contribution in [3.05, 3.63) is 89.4 Å². The summed E-state index contributed by atoms with van der Waals surface area (Å²) in [6.07, 6.45) is 3.59. The molecule has 164 valence electrons. The van der Waals surface area contributed by atoms with Gasteiger partial charge >= 0.3 is 0 Å². The number of ether oxygens (including phenoxy) is 1. The molecule has 5 rings (SSSR count). The maximum absolute atomic E-state index is 13.9. The Balaban J connectivity index is 1.53. The summed E-state index contributed by atoms with van der Waals surface area (Å²) in [7, 11) is 1.60. The van der Waals surface area contributed by atoms with E-state index < -0.39 is 0 Å². The van der Waals surface area contributed by atoms with Crippen LogP contribution >= 0.6 is 11.3 Å². The zero-order valence-corrected chi connectivity index (χ0v) is 19.0. The van der Waals surface area contributed by atoms with Gasteiger partial charge in [0, 0.05) is 29.9 Å². The molecular formula is C26H21FN4OS. The number of nitrogens with one attached hydrogen (secondary N) is 1. The predicted molar refractivity (Wildman–Crippen MR) is 131 cm³/mol. The van der Waals surface area contributed by atoms with E-state index in [4.69, 9.17) is 9.72 Å². The summed E-state index contributed by atoms with van der Waals surface area (Å²) in [4.78, 5) is 13.4. The van der Waals surface area contributed by atoms with Gasteiger partial charge in [-0.05, 0) is 60.0 Å². The molecule has 0 aliphatic carbocycles. The van der Waals surface area contributed by atoms with Crippen LogP contribution in [-0.4, -0.2) is 22.1 Å². The Hall–Kier alpha value is -3.84. The largest absolute Gasteiger partial charge is 0.481 e. The summed E-state index contributed by atoms with van der Waals surface area (Å²) in [6, 6.07) is 17.2. The van der Waals surface area contributed by atoms with Gasteiger partial charge in [0.25, 0.3) is 0 Å². The second-order valence-corrected chi connectivity index (χ2v) is 8.57. The highest BCUT2D eigenvalue weighted by atomic mass is 32.1. The molecule has 33 heavy (non-hydrogen) atoms. The van der Waals surface area contributed by atoms with E-state index in [0.717, 1.165) is 43.9 Å². The Morgan fingerprint density at radius 1 is 0.939 bits per heavy atom. The lowest BCUT2D eigenvalue weighted by atomic mass is 9.97. The van der Waals surface area contributed by atoms with E-state index in [9.17, 15) is 4.39 Å². The van der Waals surface area contributed by atoms with Crippen LogP contribution < -0.4 is 10.1 Å². The normalized spacial score (nSPS) is 11.0. The van der Waals surface area contributed by atoms with Crippen LogP contribution in [0.1, 0.15) is 11.1 Å². The molecule has 5 aromatic rings. The van der Waals surface area contributed by atoms with Gasteiger partial charge < -0.3 is 10.1 Å². The number of anilines is 1. The average Bonchev–Trinajstić information content (AvgIpc) is 3.33. The molecular weight excluding hydrogens is 435 g/mol. The van der Waals surface area contributed by atoms with Gasteiger partial charge in [-0.25, -0.2) is 14.4 Å². The molecule has 0 saturated carbocycles. The van der Waals surface area contributed by atoms with Gasteiger partial charge in [0.1, 0.15) is 5.82 Å². The fraction of sp³-hybridized carbons (Fsp3) is 0.115. The third-order valence-corrected chi connectivity index (χ3v) is 6.26. The summed E-state index contributed by atoms with van der Waals surface area (Å²) in [5.41, 5.74) is 9.00. The Morgan fingerprint density at radius 2 is 1.82 bits per heavy atom. The van der Waals surface area contributed by atoms with Crippen LogP contribution in [0.4, 0.5) is 10.1 Å². The molecule has 0 aliphatic rings. The van der Waals surface area contributed by atoms with Crippen LogP contribution in [0.2, 0.25) is 0 Å². The molecule has 1 N–H and O–H groups in total. The van der Waals surface area contributed by atoms with Gasteiger partial charge in [-0.15, -0.1) is 11.3 Å². The summed E-state index contributed by atoms with van der Waals surface area (Å²) in [5, 5.41) is 3.43. The van der Waals surface area contributed by atoms with Crippen molar-refractivity contribution in [2.24, 2.45) is 0 Å². The lowest BCUT2D eigenvalue weighted by molar-refractivity contribution is 0.397. The van der Waals surface area contributed by atoms with E-state index in [0.29, 0.717) is 18.0 Å². The van der Waals surface area contributed by atoms with Crippen molar-refractivity contribution in [2.45, 2.75) is 13.5 Å². The molecule has 5 nitrogen and oxygen atoms in total. The van der Waals surface area contributed by atoms with Gasteiger partial charge in [-0.1, -0.05) is 12.1 Å². The number of halogens is 1. The van der Waals surface area contributed by atoms with E-state index in [2.05, 4.69) is 33.5 Å². The highest BCUT2D eigenvalue weighted by Crippen LogP contribution is 2.35. The van der Waals surface area contributed by atoms with E-state index >= 15 is 0 Å². The predicted octanol–water partition coefficient (Wildman–Crippen LogP) is 6.49. The van der Waals surface area contributed by atoms with E-state index in [1.807, 2.05) is 29.8 Å². The van der Waals surface area contributed by atoms with Crippen LogP contribution in [0.5, 0.6) is 5.88 Å². The van der Waals surface area contributed by atoms with Gasteiger partial charge in [-0.2, -0.15) is 0 Å². The van der Waals surface area contributed by atoms with Crippen molar-refractivity contribution in [3.8, 4) is 28.3 Å². The quantitative estimate of drug-likeness (QED) is 0.316. The van der Waals surface area contributed by atoms with Crippen molar-refractivity contribution in [3.63, 3.8) is 0 Å². The molecule has 0 aliphatic heterocycles. The monoisotopic (exact) mass is 456 g/mol. The standard InChI is InChI=1S/C26H21FN4OS/c1-16-9-19(4-6-22(16)27)26-21(18-5-7-23-24(10-18)33-15-31-23)11-20(14-30-26)28-12-17-3-8-25(32-2)29-13-17/h3-11,13-15,28H,12H2,1-2H3. The molecule has 7 heteroatoms. The SMILES string of the molecule is COc1ccc(CNc2cnc(-c3ccc(F)c(C)c3)c(-c3ccc4ncsc4c3)c2)cn1. The zero-order valence-electron chi connectivity index (χ0n) is 18.2. The molecule has 0 spiro atoms. The number of fused-ring (bicyclic) bond motifs is 1. The van der Waals surface area contributed by atoms with Crippen LogP contribution in [0.3, 0.4) is 0 Å². The minimum atomic E-state index is -0.224. The Bertz CT molecular complexity index is 1430. The second-order valence-electron chi connectivity index (χ2n) is 7.68. The summed E-state index contributed by atoms with van der Waals surface area (Å²) in [6.45, 7) is 2.36. The number of aromatic nitrogens is 3.